The molecule has 0 spiro atoms. The Morgan fingerprint density at radius 2 is 1.85 bits per heavy atom. The van der Waals surface area contributed by atoms with Crippen molar-refractivity contribution >= 4 is 11.6 Å². The molecular weight excluding hydrogens is 262 g/mol. The second-order valence-corrected chi connectivity index (χ2v) is 5.23. The number of piperidine rings is 1. The number of nitrogens with one attached hydrogen (secondary N) is 2. The first kappa shape index (κ1) is 15.0. The van der Waals surface area contributed by atoms with Crippen LogP contribution in [-0.4, -0.2) is 42.6 Å². The first-order chi connectivity index (χ1) is 9.61. The predicted molar refractivity (Wildman–Crippen MR) is 77.1 cm³/mol. The molecule has 0 radical (unpaired) electrons. The van der Waals surface area contributed by atoms with Crippen molar-refractivity contribution in [1.82, 2.24) is 9.88 Å². The van der Waals surface area contributed by atoms with Gasteiger partial charge in [0.2, 0.25) is 0 Å². The van der Waals surface area contributed by atoms with Gasteiger partial charge in [-0.3, -0.25) is 4.90 Å². The molecule has 4 nitrogen and oxygen atoms in total. The summed E-state index contributed by atoms with van der Waals surface area (Å²) in [5, 5.41) is 5.59. The lowest BCUT2D eigenvalue weighted by Gasteiger charge is -2.32. The lowest BCUT2D eigenvalue weighted by atomic mass is 10.1. The van der Waals surface area contributed by atoms with Gasteiger partial charge in [-0.1, -0.05) is 6.42 Å². The number of likely N-dealkylation sites (tertiary alicyclic amines) is 1. The largest absolute Gasteiger partial charge is 0.371 e. The average molecular weight is 284 g/mol. The van der Waals surface area contributed by atoms with Gasteiger partial charge in [0, 0.05) is 25.7 Å². The van der Waals surface area contributed by atoms with Crippen LogP contribution in [0.25, 0.3) is 0 Å². The van der Waals surface area contributed by atoms with Crippen molar-refractivity contribution in [3.63, 3.8) is 0 Å². The second kappa shape index (κ2) is 6.83. The molecule has 1 aromatic rings. The van der Waals surface area contributed by atoms with Crippen molar-refractivity contribution < 1.29 is 8.78 Å². The highest BCUT2D eigenvalue weighted by Crippen LogP contribution is 2.19. The third kappa shape index (κ3) is 3.56. The lowest BCUT2D eigenvalue weighted by molar-refractivity contribution is 0.180. The van der Waals surface area contributed by atoms with Crippen molar-refractivity contribution in [2.24, 2.45) is 0 Å². The van der Waals surface area contributed by atoms with Crippen LogP contribution >= 0.6 is 0 Å². The van der Waals surface area contributed by atoms with E-state index in [-0.39, 0.29) is 11.6 Å². The third-order valence-corrected chi connectivity index (χ3v) is 3.75. The molecule has 1 aliphatic rings. The molecule has 6 heteroatoms. The van der Waals surface area contributed by atoms with Gasteiger partial charge in [0.25, 0.3) is 0 Å². The minimum absolute atomic E-state index is 0.0551. The number of nitrogens with zero attached hydrogens (tertiary/aromatic N) is 2. The van der Waals surface area contributed by atoms with Gasteiger partial charge >= 0.3 is 0 Å². The van der Waals surface area contributed by atoms with Gasteiger partial charge < -0.3 is 10.6 Å². The van der Waals surface area contributed by atoms with E-state index in [0.717, 1.165) is 19.2 Å². The number of anilines is 2. The van der Waals surface area contributed by atoms with E-state index < -0.39 is 11.6 Å². The number of halogens is 2. The average Bonchev–Trinajstić information content (AvgIpc) is 2.47. The minimum atomic E-state index is -0.681. The van der Waals surface area contributed by atoms with Crippen LogP contribution < -0.4 is 10.6 Å². The van der Waals surface area contributed by atoms with Gasteiger partial charge in [0.15, 0.2) is 23.3 Å². The topological polar surface area (TPSA) is 40.2 Å². The summed E-state index contributed by atoms with van der Waals surface area (Å²) in [6, 6.07) is 1.16. The molecule has 1 aromatic heterocycles. The summed E-state index contributed by atoms with van der Waals surface area (Å²) in [6.45, 7) is 4.88. The smallest absolute Gasteiger partial charge is 0.168 e. The van der Waals surface area contributed by atoms with E-state index in [4.69, 9.17) is 0 Å². The van der Waals surface area contributed by atoms with Gasteiger partial charge in [-0.25, -0.2) is 13.8 Å². The normalized spacial score (nSPS) is 17.8. The van der Waals surface area contributed by atoms with Crippen LogP contribution in [0.4, 0.5) is 20.4 Å². The molecular formula is C14H22F2N4. The zero-order chi connectivity index (χ0) is 14.5. The van der Waals surface area contributed by atoms with E-state index in [0.29, 0.717) is 12.6 Å². The lowest BCUT2D eigenvalue weighted by Crippen LogP contribution is -2.41. The standard InChI is InChI=1S/C14H22F2N4/c1-10(20-6-4-3-5-7-20)9-18-14-12(16)8-11(15)13(17-2)19-14/h8,10H,3-7,9H2,1-2H3,(H2,17,18,19). The number of rotatable bonds is 5. The molecule has 2 rings (SSSR count). The summed E-state index contributed by atoms with van der Waals surface area (Å²) in [7, 11) is 1.56. The van der Waals surface area contributed by atoms with Gasteiger partial charge in [-0.15, -0.1) is 0 Å². The van der Waals surface area contributed by atoms with E-state index in [2.05, 4.69) is 27.4 Å². The molecule has 112 valence electrons. The maximum Gasteiger partial charge on any atom is 0.168 e. The second-order valence-electron chi connectivity index (χ2n) is 5.23. The molecule has 0 amide bonds. The van der Waals surface area contributed by atoms with Crippen LogP contribution in [0.3, 0.4) is 0 Å². The Hall–Kier alpha value is -1.43. The summed E-state index contributed by atoms with van der Waals surface area (Å²) in [6.07, 6.45) is 3.73. The Labute approximate surface area is 118 Å². The Bertz CT molecular complexity index is 447. The molecule has 1 unspecified atom stereocenters. The van der Waals surface area contributed by atoms with Crippen molar-refractivity contribution in [2.45, 2.75) is 32.2 Å². The van der Waals surface area contributed by atoms with E-state index in [1.54, 1.807) is 7.05 Å². The Kier molecular flexibility index (Phi) is 5.11. The van der Waals surface area contributed by atoms with Crippen LogP contribution in [0.1, 0.15) is 26.2 Å². The van der Waals surface area contributed by atoms with Crippen LogP contribution in [0.5, 0.6) is 0 Å². The summed E-state index contributed by atoms with van der Waals surface area (Å²) in [5.74, 6) is -1.19. The Balaban J connectivity index is 1.96. The first-order valence-corrected chi connectivity index (χ1v) is 7.13. The van der Waals surface area contributed by atoms with Gasteiger partial charge in [0.05, 0.1) is 0 Å². The third-order valence-electron chi connectivity index (χ3n) is 3.75. The minimum Gasteiger partial charge on any atom is -0.371 e. The number of pyridine rings is 1. The van der Waals surface area contributed by atoms with Crippen molar-refractivity contribution in [3.05, 3.63) is 17.7 Å². The SMILES string of the molecule is CNc1nc(NCC(C)N2CCCCC2)c(F)cc1F. The molecule has 0 saturated carbocycles. The van der Waals surface area contributed by atoms with Crippen molar-refractivity contribution in [3.8, 4) is 0 Å². The molecule has 0 aromatic carbocycles. The monoisotopic (exact) mass is 284 g/mol. The maximum absolute atomic E-state index is 13.7. The highest BCUT2D eigenvalue weighted by molar-refractivity contribution is 5.47. The van der Waals surface area contributed by atoms with E-state index in [1.807, 2.05) is 0 Å². The quantitative estimate of drug-likeness (QED) is 0.872. The number of aromatic nitrogens is 1. The maximum atomic E-state index is 13.7. The van der Waals surface area contributed by atoms with E-state index in [9.17, 15) is 8.78 Å². The van der Waals surface area contributed by atoms with Crippen molar-refractivity contribution in [1.29, 1.82) is 0 Å². The predicted octanol–water partition coefficient (Wildman–Crippen LogP) is 2.69. The van der Waals surface area contributed by atoms with E-state index >= 15 is 0 Å². The molecule has 0 aliphatic carbocycles. The van der Waals surface area contributed by atoms with Gasteiger partial charge in [-0.05, 0) is 32.9 Å². The zero-order valence-corrected chi connectivity index (χ0v) is 12.0. The summed E-state index contributed by atoms with van der Waals surface area (Å²) in [4.78, 5) is 6.30. The Morgan fingerprint density at radius 1 is 1.20 bits per heavy atom. The van der Waals surface area contributed by atoms with E-state index in [1.165, 1.54) is 19.3 Å². The molecule has 1 atom stereocenters. The highest BCUT2D eigenvalue weighted by atomic mass is 19.1. The van der Waals surface area contributed by atoms with Crippen molar-refractivity contribution in [2.75, 3.05) is 37.3 Å². The van der Waals surface area contributed by atoms with Crippen LogP contribution in [0.2, 0.25) is 0 Å². The molecule has 2 N–H and O–H groups in total. The molecule has 2 heterocycles. The van der Waals surface area contributed by atoms with Crippen LogP contribution in [0, 0.1) is 11.6 Å². The number of hydrogen-bond donors (Lipinski definition) is 2. The fourth-order valence-electron chi connectivity index (χ4n) is 2.50. The highest BCUT2D eigenvalue weighted by Gasteiger charge is 2.17. The number of hydrogen-bond acceptors (Lipinski definition) is 4. The summed E-state index contributed by atoms with van der Waals surface area (Å²) >= 11 is 0. The Morgan fingerprint density at radius 3 is 2.50 bits per heavy atom. The zero-order valence-electron chi connectivity index (χ0n) is 12.0. The fourth-order valence-corrected chi connectivity index (χ4v) is 2.50. The van der Waals surface area contributed by atoms with Gasteiger partial charge in [-0.2, -0.15) is 0 Å². The summed E-state index contributed by atoms with van der Waals surface area (Å²) < 4.78 is 27.0. The van der Waals surface area contributed by atoms with Gasteiger partial charge in [0.1, 0.15) is 0 Å². The first-order valence-electron chi connectivity index (χ1n) is 7.13. The molecule has 1 aliphatic heterocycles. The molecule has 1 fully saturated rings. The molecule has 0 bridgehead atoms. The molecule has 20 heavy (non-hydrogen) atoms. The van der Waals surface area contributed by atoms with Crippen LogP contribution in [0.15, 0.2) is 6.07 Å². The summed E-state index contributed by atoms with van der Waals surface area (Å²) in [5.41, 5.74) is 0. The van der Waals surface area contributed by atoms with Crippen LogP contribution in [-0.2, 0) is 0 Å². The molecule has 1 saturated heterocycles. The fraction of sp³-hybridized carbons (Fsp3) is 0.643.